The maximum atomic E-state index is 13.0. The lowest BCUT2D eigenvalue weighted by atomic mass is 9.90. The van der Waals surface area contributed by atoms with Crippen LogP contribution in [0.15, 0.2) is 60.7 Å². The largest absolute Gasteiger partial charge is 0.380 e. The van der Waals surface area contributed by atoms with Gasteiger partial charge in [0, 0.05) is 25.6 Å². The zero-order valence-corrected chi connectivity index (χ0v) is 14.7. The molecule has 132 valence electrons. The van der Waals surface area contributed by atoms with Gasteiger partial charge in [0.2, 0.25) is 5.91 Å². The third kappa shape index (κ3) is 4.91. The minimum atomic E-state index is -0.285. The molecule has 2 aromatic rings. The maximum Gasteiger partial charge on any atom is 0.232 e. The van der Waals surface area contributed by atoms with Gasteiger partial charge in [-0.2, -0.15) is 0 Å². The van der Waals surface area contributed by atoms with Crippen LogP contribution in [-0.2, 0) is 9.53 Å². The highest BCUT2D eigenvalue weighted by molar-refractivity contribution is 5.87. The molecule has 1 aliphatic rings. The van der Waals surface area contributed by atoms with Crippen LogP contribution in [0.4, 0.5) is 0 Å². The highest BCUT2D eigenvalue weighted by Gasteiger charge is 2.24. The van der Waals surface area contributed by atoms with E-state index in [2.05, 4.69) is 17.3 Å². The zero-order valence-electron chi connectivity index (χ0n) is 14.7. The second-order valence-corrected chi connectivity index (χ2v) is 6.70. The standard InChI is InChI=1S/C21H26N2O2/c1-23-12-13-25-16-17(15-23)14-22-21(24)20(18-8-4-2-5-9-18)19-10-6-3-7-11-19/h2-11,17,20H,12-16H2,1H3,(H,22,24). The van der Waals surface area contributed by atoms with Gasteiger partial charge in [-0.3, -0.25) is 4.79 Å². The topological polar surface area (TPSA) is 41.6 Å². The van der Waals surface area contributed by atoms with Crippen LogP contribution in [0.3, 0.4) is 0 Å². The summed E-state index contributed by atoms with van der Waals surface area (Å²) in [6.45, 7) is 3.99. The van der Waals surface area contributed by atoms with Gasteiger partial charge < -0.3 is 15.0 Å². The van der Waals surface area contributed by atoms with Crippen molar-refractivity contribution in [3.63, 3.8) is 0 Å². The fourth-order valence-electron chi connectivity index (χ4n) is 3.31. The van der Waals surface area contributed by atoms with E-state index in [1.807, 2.05) is 60.7 Å². The summed E-state index contributed by atoms with van der Waals surface area (Å²) >= 11 is 0. The molecule has 1 atom stereocenters. The molecule has 3 rings (SSSR count). The van der Waals surface area contributed by atoms with Crippen LogP contribution in [-0.4, -0.2) is 50.7 Å². The smallest absolute Gasteiger partial charge is 0.232 e. The van der Waals surface area contributed by atoms with Crippen molar-refractivity contribution in [1.29, 1.82) is 0 Å². The minimum Gasteiger partial charge on any atom is -0.380 e. The Balaban J connectivity index is 1.71. The minimum absolute atomic E-state index is 0.0456. The number of carbonyl (C=O) groups is 1. The molecule has 1 aliphatic heterocycles. The van der Waals surface area contributed by atoms with Gasteiger partial charge >= 0.3 is 0 Å². The third-order valence-electron chi connectivity index (χ3n) is 4.63. The predicted molar refractivity (Wildman–Crippen MR) is 99.5 cm³/mol. The highest BCUT2D eigenvalue weighted by Crippen LogP contribution is 2.24. The second-order valence-electron chi connectivity index (χ2n) is 6.70. The molecule has 0 radical (unpaired) electrons. The summed E-state index contributed by atoms with van der Waals surface area (Å²) in [5, 5.41) is 3.15. The van der Waals surface area contributed by atoms with E-state index in [0.717, 1.165) is 30.8 Å². The number of likely N-dealkylation sites (N-methyl/N-ethyl adjacent to an activating group) is 1. The Morgan fingerprint density at radius 2 is 1.72 bits per heavy atom. The molecule has 1 N–H and O–H groups in total. The van der Waals surface area contributed by atoms with Crippen LogP contribution in [0.2, 0.25) is 0 Å². The summed E-state index contributed by atoms with van der Waals surface area (Å²) in [5.41, 5.74) is 2.03. The number of amides is 1. The quantitative estimate of drug-likeness (QED) is 0.911. The van der Waals surface area contributed by atoms with E-state index in [4.69, 9.17) is 4.74 Å². The van der Waals surface area contributed by atoms with E-state index >= 15 is 0 Å². The number of nitrogens with zero attached hydrogens (tertiary/aromatic N) is 1. The first-order valence-corrected chi connectivity index (χ1v) is 8.88. The molecule has 0 aliphatic carbocycles. The Labute approximate surface area is 149 Å². The van der Waals surface area contributed by atoms with E-state index in [9.17, 15) is 4.79 Å². The molecule has 0 saturated carbocycles. The SMILES string of the molecule is CN1CCOCC(CNC(=O)C(c2ccccc2)c2ccccc2)C1. The molecule has 0 aromatic heterocycles. The molecular formula is C21H26N2O2. The molecule has 0 bridgehead atoms. The summed E-state index contributed by atoms with van der Waals surface area (Å²) in [5.74, 6) is 0.0831. The number of carbonyl (C=O) groups excluding carboxylic acids is 1. The Hall–Kier alpha value is -2.17. The first kappa shape index (κ1) is 17.6. The molecule has 1 unspecified atom stereocenters. The summed E-state index contributed by atoms with van der Waals surface area (Å²) < 4.78 is 5.65. The van der Waals surface area contributed by atoms with Crippen LogP contribution in [0.1, 0.15) is 17.0 Å². The van der Waals surface area contributed by atoms with Crippen LogP contribution >= 0.6 is 0 Å². The number of benzene rings is 2. The lowest BCUT2D eigenvalue weighted by Gasteiger charge is -2.22. The third-order valence-corrected chi connectivity index (χ3v) is 4.63. The van der Waals surface area contributed by atoms with Crippen LogP contribution in [0, 0.1) is 5.92 Å². The second kappa shape index (κ2) is 8.79. The fourth-order valence-corrected chi connectivity index (χ4v) is 3.31. The van der Waals surface area contributed by atoms with Crippen molar-refractivity contribution in [3.05, 3.63) is 71.8 Å². The first-order chi connectivity index (χ1) is 12.2. The van der Waals surface area contributed by atoms with Crippen molar-refractivity contribution >= 4 is 5.91 Å². The molecular weight excluding hydrogens is 312 g/mol. The Morgan fingerprint density at radius 1 is 1.12 bits per heavy atom. The molecule has 4 heteroatoms. The maximum absolute atomic E-state index is 13.0. The van der Waals surface area contributed by atoms with Crippen molar-refractivity contribution in [2.24, 2.45) is 5.92 Å². The number of nitrogens with one attached hydrogen (secondary N) is 1. The van der Waals surface area contributed by atoms with Crippen molar-refractivity contribution < 1.29 is 9.53 Å². The summed E-state index contributed by atoms with van der Waals surface area (Å²) in [6.07, 6.45) is 0. The Morgan fingerprint density at radius 3 is 2.32 bits per heavy atom. The first-order valence-electron chi connectivity index (χ1n) is 8.88. The highest BCUT2D eigenvalue weighted by atomic mass is 16.5. The summed E-state index contributed by atoms with van der Waals surface area (Å²) in [4.78, 5) is 15.2. The average Bonchev–Trinajstić information content (AvgIpc) is 2.86. The van der Waals surface area contributed by atoms with Crippen molar-refractivity contribution in [2.75, 3.05) is 39.9 Å². The molecule has 1 fully saturated rings. The van der Waals surface area contributed by atoms with Gasteiger partial charge in [0.15, 0.2) is 0 Å². The molecule has 0 spiro atoms. The van der Waals surface area contributed by atoms with Gasteiger partial charge in [-0.15, -0.1) is 0 Å². The van der Waals surface area contributed by atoms with E-state index < -0.39 is 0 Å². The van der Waals surface area contributed by atoms with Crippen LogP contribution in [0.25, 0.3) is 0 Å². The number of rotatable bonds is 5. The van der Waals surface area contributed by atoms with E-state index in [-0.39, 0.29) is 11.8 Å². The monoisotopic (exact) mass is 338 g/mol. The lowest BCUT2D eigenvalue weighted by molar-refractivity contribution is -0.122. The lowest BCUT2D eigenvalue weighted by Crippen LogP contribution is -2.38. The summed E-state index contributed by atoms with van der Waals surface area (Å²) in [6, 6.07) is 19.9. The number of hydrogen-bond donors (Lipinski definition) is 1. The van der Waals surface area contributed by atoms with E-state index in [1.165, 1.54) is 0 Å². The fraction of sp³-hybridized carbons (Fsp3) is 0.381. The van der Waals surface area contributed by atoms with Gasteiger partial charge in [-0.05, 0) is 18.2 Å². The Bertz CT molecular complexity index is 621. The van der Waals surface area contributed by atoms with Crippen molar-refractivity contribution in [2.45, 2.75) is 5.92 Å². The molecule has 2 aromatic carbocycles. The number of ether oxygens (including phenoxy) is 1. The van der Waals surface area contributed by atoms with Gasteiger partial charge in [0.1, 0.15) is 0 Å². The van der Waals surface area contributed by atoms with Gasteiger partial charge in [0.25, 0.3) is 0 Å². The van der Waals surface area contributed by atoms with E-state index in [0.29, 0.717) is 19.1 Å². The van der Waals surface area contributed by atoms with E-state index in [1.54, 1.807) is 0 Å². The molecule has 1 amide bonds. The van der Waals surface area contributed by atoms with Crippen LogP contribution in [0.5, 0.6) is 0 Å². The molecule has 1 heterocycles. The molecule has 1 saturated heterocycles. The number of hydrogen-bond acceptors (Lipinski definition) is 3. The summed E-state index contributed by atoms with van der Waals surface area (Å²) in [7, 11) is 2.10. The average molecular weight is 338 g/mol. The zero-order chi connectivity index (χ0) is 17.5. The Kier molecular flexibility index (Phi) is 6.20. The molecule has 25 heavy (non-hydrogen) atoms. The van der Waals surface area contributed by atoms with Crippen molar-refractivity contribution in [1.82, 2.24) is 10.2 Å². The van der Waals surface area contributed by atoms with Gasteiger partial charge in [0.05, 0.1) is 19.1 Å². The molecule has 4 nitrogen and oxygen atoms in total. The normalized spacial score (nSPS) is 18.7. The predicted octanol–water partition coefficient (Wildman–Crippen LogP) is 2.51. The van der Waals surface area contributed by atoms with Crippen molar-refractivity contribution in [3.8, 4) is 0 Å². The van der Waals surface area contributed by atoms with Crippen LogP contribution < -0.4 is 5.32 Å². The van der Waals surface area contributed by atoms with Gasteiger partial charge in [-0.25, -0.2) is 0 Å². The van der Waals surface area contributed by atoms with Gasteiger partial charge in [-0.1, -0.05) is 60.7 Å².